The molecule has 4 rings (SSSR count). The molecule has 10 heteroatoms. The van der Waals surface area contributed by atoms with E-state index in [1.54, 1.807) is 24.5 Å². The molecule has 0 aliphatic carbocycles. The van der Waals surface area contributed by atoms with Gasteiger partial charge in [-0.3, -0.25) is 4.79 Å². The minimum Gasteiger partial charge on any atom is -0.483 e. The molecule has 1 amide bonds. The minimum atomic E-state index is -2.65. The smallest absolute Gasteiger partial charge is 0.278 e. The minimum absolute atomic E-state index is 0.233. The molecule has 1 aliphatic heterocycles. The van der Waals surface area contributed by atoms with Crippen LogP contribution >= 0.6 is 11.8 Å². The summed E-state index contributed by atoms with van der Waals surface area (Å²) < 4.78 is 37.2. The third kappa shape index (κ3) is 3.35. The van der Waals surface area contributed by atoms with Crippen LogP contribution in [0, 0.1) is 0 Å². The van der Waals surface area contributed by atoms with E-state index >= 15 is 0 Å². The predicted octanol–water partition coefficient (Wildman–Crippen LogP) is 3.71. The summed E-state index contributed by atoms with van der Waals surface area (Å²) in [4.78, 5) is 23.2. The number of aromatic nitrogens is 3. The Kier molecular flexibility index (Phi) is 4.80. The van der Waals surface area contributed by atoms with Crippen molar-refractivity contribution < 1.29 is 23.0 Å². The second-order valence-electron chi connectivity index (χ2n) is 6.14. The molecule has 0 bridgehead atoms. The number of ether oxygens (including phenoxy) is 2. The number of pyridine rings is 2. The normalized spacial score (nSPS) is 15.8. The second kappa shape index (κ2) is 7.27. The number of thioether (sulfide) groups is 1. The lowest BCUT2D eigenvalue weighted by atomic mass is 10.1. The SMILES string of the molecule is CSc1cc2c(c(-c3c[nH]c4cnc(NC(C)=O)cc34)n1)OCC(C(F)F)O2. The van der Waals surface area contributed by atoms with Crippen molar-refractivity contribution in [2.24, 2.45) is 0 Å². The molecule has 2 N–H and O–H groups in total. The Labute approximate surface area is 162 Å². The zero-order chi connectivity index (χ0) is 19.8. The zero-order valence-corrected chi connectivity index (χ0v) is 15.8. The maximum absolute atomic E-state index is 13.1. The fraction of sp³-hybridized carbons (Fsp3) is 0.278. The monoisotopic (exact) mass is 406 g/mol. The first-order valence-corrected chi connectivity index (χ1v) is 9.60. The molecule has 0 radical (unpaired) electrons. The van der Waals surface area contributed by atoms with Crippen molar-refractivity contribution in [3.8, 4) is 22.8 Å². The number of alkyl halides is 2. The summed E-state index contributed by atoms with van der Waals surface area (Å²) in [7, 11) is 0. The van der Waals surface area contributed by atoms with Gasteiger partial charge in [-0.1, -0.05) is 0 Å². The van der Waals surface area contributed by atoms with Crippen LogP contribution in [0.2, 0.25) is 0 Å². The van der Waals surface area contributed by atoms with E-state index in [4.69, 9.17) is 9.47 Å². The van der Waals surface area contributed by atoms with Crippen LogP contribution in [-0.2, 0) is 4.79 Å². The molecule has 0 saturated heterocycles. The standard InChI is InChI=1S/C18H16F2N4O3S/c1-8(25)23-14-3-9-10(5-21-11(9)6-22-14)16-17-12(4-15(24-16)28-2)27-13(7-26-17)18(19)20/h3-6,13,18,21H,7H2,1-2H3,(H,22,23,25). The van der Waals surface area contributed by atoms with E-state index in [2.05, 4.69) is 20.3 Å². The van der Waals surface area contributed by atoms with Crippen molar-refractivity contribution in [2.45, 2.75) is 24.5 Å². The molecule has 146 valence electrons. The highest BCUT2D eigenvalue weighted by atomic mass is 32.2. The number of rotatable bonds is 4. The fourth-order valence-electron chi connectivity index (χ4n) is 2.95. The average molecular weight is 406 g/mol. The zero-order valence-electron chi connectivity index (χ0n) is 15.0. The first kappa shape index (κ1) is 18.5. The number of H-pyrrole nitrogens is 1. The van der Waals surface area contributed by atoms with Gasteiger partial charge in [0.1, 0.15) is 23.1 Å². The van der Waals surface area contributed by atoms with Crippen LogP contribution in [-0.4, -0.2) is 46.3 Å². The molecule has 3 aromatic rings. The molecule has 3 aromatic heterocycles. The van der Waals surface area contributed by atoms with Gasteiger partial charge in [-0.2, -0.15) is 0 Å². The van der Waals surface area contributed by atoms with Crippen molar-refractivity contribution in [3.63, 3.8) is 0 Å². The summed E-state index contributed by atoms with van der Waals surface area (Å²) in [6, 6.07) is 3.31. The highest BCUT2D eigenvalue weighted by Gasteiger charge is 2.32. The number of nitrogens with zero attached hydrogens (tertiary/aromatic N) is 2. The molecule has 28 heavy (non-hydrogen) atoms. The van der Waals surface area contributed by atoms with E-state index in [9.17, 15) is 13.6 Å². The molecule has 1 atom stereocenters. The third-order valence-electron chi connectivity index (χ3n) is 4.20. The van der Waals surface area contributed by atoms with Crippen molar-refractivity contribution in [2.75, 3.05) is 18.2 Å². The van der Waals surface area contributed by atoms with Crippen molar-refractivity contribution >= 4 is 34.4 Å². The van der Waals surface area contributed by atoms with Crippen LogP contribution in [0.5, 0.6) is 11.5 Å². The van der Waals surface area contributed by atoms with Crippen molar-refractivity contribution in [1.82, 2.24) is 15.0 Å². The van der Waals surface area contributed by atoms with Crippen LogP contribution in [0.25, 0.3) is 22.2 Å². The molecule has 0 aromatic carbocycles. The van der Waals surface area contributed by atoms with Gasteiger partial charge in [-0.05, 0) is 12.3 Å². The number of nitrogens with one attached hydrogen (secondary N) is 2. The number of fused-ring (bicyclic) bond motifs is 2. The summed E-state index contributed by atoms with van der Waals surface area (Å²) in [6.45, 7) is 1.13. The van der Waals surface area contributed by atoms with Gasteiger partial charge in [-0.25, -0.2) is 18.7 Å². The fourth-order valence-corrected chi connectivity index (χ4v) is 3.36. The summed E-state index contributed by atoms with van der Waals surface area (Å²) in [5, 5.41) is 4.01. The quantitative estimate of drug-likeness (QED) is 0.642. The van der Waals surface area contributed by atoms with E-state index in [1.807, 2.05) is 6.26 Å². The lowest BCUT2D eigenvalue weighted by molar-refractivity contribution is -0.114. The Hall–Kier alpha value is -2.88. The highest BCUT2D eigenvalue weighted by molar-refractivity contribution is 7.98. The molecule has 0 spiro atoms. The molecule has 0 saturated carbocycles. The van der Waals surface area contributed by atoms with Crippen molar-refractivity contribution in [1.29, 1.82) is 0 Å². The number of anilines is 1. The van der Waals surface area contributed by atoms with Gasteiger partial charge >= 0.3 is 0 Å². The topological polar surface area (TPSA) is 89.1 Å². The van der Waals surface area contributed by atoms with E-state index in [1.165, 1.54) is 18.7 Å². The Balaban J connectivity index is 1.85. The van der Waals surface area contributed by atoms with Gasteiger partial charge in [0.15, 0.2) is 17.6 Å². The van der Waals surface area contributed by atoms with Gasteiger partial charge in [0.05, 0.1) is 11.7 Å². The van der Waals surface area contributed by atoms with E-state index < -0.39 is 12.5 Å². The maximum Gasteiger partial charge on any atom is 0.278 e. The Morgan fingerprint density at radius 1 is 1.43 bits per heavy atom. The van der Waals surface area contributed by atoms with Gasteiger partial charge in [0.25, 0.3) is 6.43 Å². The maximum atomic E-state index is 13.1. The molecule has 4 heterocycles. The summed E-state index contributed by atoms with van der Waals surface area (Å²) in [5.41, 5.74) is 1.90. The first-order valence-electron chi connectivity index (χ1n) is 8.38. The average Bonchev–Trinajstić information content (AvgIpc) is 3.09. The number of carbonyl (C=O) groups excluding carboxylic acids is 1. The Morgan fingerprint density at radius 3 is 2.96 bits per heavy atom. The molecule has 0 fully saturated rings. The molecule has 1 aliphatic rings. The number of halogens is 2. The van der Waals surface area contributed by atoms with E-state index in [0.717, 1.165) is 10.9 Å². The van der Waals surface area contributed by atoms with Crippen LogP contribution in [0.15, 0.2) is 29.6 Å². The Bertz CT molecular complexity index is 1060. The highest BCUT2D eigenvalue weighted by Crippen LogP contribution is 2.44. The van der Waals surface area contributed by atoms with Gasteiger partial charge in [0, 0.05) is 30.1 Å². The van der Waals surface area contributed by atoms with Crippen LogP contribution in [0.3, 0.4) is 0 Å². The lowest BCUT2D eigenvalue weighted by Crippen LogP contribution is -2.35. The number of aromatic amines is 1. The predicted molar refractivity (Wildman–Crippen MR) is 101 cm³/mol. The molecular weight excluding hydrogens is 390 g/mol. The number of amides is 1. The van der Waals surface area contributed by atoms with E-state index in [-0.39, 0.29) is 18.3 Å². The number of hydrogen-bond donors (Lipinski definition) is 2. The van der Waals surface area contributed by atoms with E-state index in [0.29, 0.717) is 27.9 Å². The molecule has 1 unspecified atom stereocenters. The van der Waals surface area contributed by atoms with Crippen LogP contribution in [0.1, 0.15) is 6.92 Å². The van der Waals surface area contributed by atoms with Crippen LogP contribution < -0.4 is 14.8 Å². The second-order valence-corrected chi connectivity index (χ2v) is 6.97. The molecule has 7 nitrogen and oxygen atoms in total. The summed E-state index contributed by atoms with van der Waals surface area (Å²) in [6.07, 6.45) is 1.19. The van der Waals surface area contributed by atoms with Crippen molar-refractivity contribution in [3.05, 3.63) is 24.5 Å². The van der Waals surface area contributed by atoms with Gasteiger partial charge < -0.3 is 19.8 Å². The van der Waals surface area contributed by atoms with Gasteiger partial charge in [0.2, 0.25) is 5.91 Å². The van der Waals surface area contributed by atoms with Crippen LogP contribution in [0.4, 0.5) is 14.6 Å². The summed E-state index contributed by atoms with van der Waals surface area (Å²) >= 11 is 1.37. The Morgan fingerprint density at radius 2 is 2.25 bits per heavy atom. The summed E-state index contributed by atoms with van der Waals surface area (Å²) in [5.74, 6) is 0.703. The number of hydrogen-bond acceptors (Lipinski definition) is 6. The molecular formula is C18H16F2N4O3S. The largest absolute Gasteiger partial charge is 0.483 e. The van der Waals surface area contributed by atoms with Gasteiger partial charge in [-0.15, -0.1) is 11.8 Å². The first-order chi connectivity index (χ1) is 13.5. The number of carbonyl (C=O) groups is 1. The lowest BCUT2D eigenvalue weighted by Gasteiger charge is -2.27. The third-order valence-corrected chi connectivity index (χ3v) is 4.83.